The number of carbonyl (C=O) groups excluding carboxylic acids is 1. The number of aromatic nitrogens is 2. The van der Waals surface area contributed by atoms with Crippen molar-refractivity contribution in [2.75, 3.05) is 0 Å². The summed E-state index contributed by atoms with van der Waals surface area (Å²) in [5, 5.41) is 4.08. The number of pyridine rings is 1. The standard InChI is InChI=1S/C12H11Cl2N3OS/c1-2-7-5-15-10(19-7)6-16-12(18)11-8(13)3-4-9(14)17-11/h3-5H,2,6H2,1H3,(H,16,18). The normalized spacial score (nSPS) is 10.5. The smallest absolute Gasteiger partial charge is 0.271 e. The molecule has 0 aliphatic rings. The number of hydrogen-bond acceptors (Lipinski definition) is 4. The van der Waals surface area contributed by atoms with Gasteiger partial charge < -0.3 is 5.32 Å². The van der Waals surface area contributed by atoms with Crippen LogP contribution in [0.2, 0.25) is 10.2 Å². The van der Waals surface area contributed by atoms with Crippen molar-refractivity contribution in [3.8, 4) is 0 Å². The lowest BCUT2D eigenvalue weighted by Gasteiger charge is -2.04. The summed E-state index contributed by atoms with van der Waals surface area (Å²) in [6.07, 6.45) is 2.75. The number of halogens is 2. The first-order valence-corrected chi connectivity index (χ1v) is 7.21. The number of rotatable bonds is 4. The van der Waals surface area contributed by atoms with Crippen LogP contribution >= 0.6 is 34.5 Å². The topological polar surface area (TPSA) is 54.9 Å². The van der Waals surface area contributed by atoms with E-state index in [1.165, 1.54) is 10.9 Å². The monoisotopic (exact) mass is 315 g/mol. The van der Waals surface area contributed by atoms with E-state index in [1.807, 2.05) is 6.20 Å². The Hall–Kier alpha value is -1.17. The molecule has 7 heteroatoms. The SMILES string of the molecule is CCc1cnc(CNC(=O)c2nc(Cl)ccc2Cl)s1. The number of aryl methyl sites for hydroxylation is 1. The average molecular weight is 316 g/mol. The molecule has 2 rings (SSSR count). The van der Waals surface area contributed by atoms with Crippen LogP contribution in [0.1, 0.15) is 27.3 Å². The highest BCUT2D eigenvalue weighted by Gasteiger charge is 2.13. The highest BCUT2D eigenvalue weighted by Crippen LogP contribution is 2.17. The Morgan fingerprint density at radius 2 is 2.21 bits per heavy atom. The van der Waals surface area contributed by atoms with E-state index in [-0.39, 0.29) is 21.8 Å². The third-order valence-electron chi connectivity index (χ3n) is 2.38. The van der Waals surface area contributed by atoms with Crippen LogP contribution in [0.5, 0.6) is 0 Å². The highest BCUT2D eigenvalue weighted by atomic mass is 35.5. The first-order chi connectivity index (χ1) is 9.10. The van der Waals surface area contributed by atoms with Crippen LogP contribution in [0.25, 0.3) is 0 Å². The van der Waals surface area contributed by atoms with Gasteiger partial charge in [0, 0.05) is 11.1 Å². The van der Waals surface area contributed by atoms with Crippen LogP contribution < -0.4 is 5.32 Å². The molecule has 0 spiro atoms. The number of amides is 1. The summed E-state index contributed by atoms with van der Waals surface area (Å²) < 4.78 is 0. The fourth-order valence-corrected chi connectivity index (χ4v) is 2.55. The summed E-state index contributed by atoms with van der Waals surface area (Å²) in [5.41, 5.74) is 0.126. The van der Waals surface area contributed by atoms with E-state index in [2.05, 4.69) is 22.2 Å². The van der Waals surface area contributed by atoms with Gasteiger partial charge in [0.2, 0.25) is 0 Å². The maximum absolute atomic E-state index is 11.9. The molecule has 2 heterocycles. The molecule has 0 radical (unpaired) electrons. The number of nitrogens with one attached hydrogen (secondary N) is 1. The molecule has 0 unspecified atom stereocenters. The molecule has 0 atom stereocenters. The van der Waals surface area contributed by atoms with Crippen molar-refractivity contribution in [1.29, 1.82) is 0 Å². The molecule has 0 aliphatic carbocycles. The zero-order valence-corrected chi connectivity index (χ0v) is 12.4. The van der Waals surface area contributed by atoms with Gasteiger partial charge in [-0.3, -0.25) is 4.79 Å². The van der Waals surface area contributed by atoms with Gasteiger partial charge in [-0.1, -0.05) is 30.1 Å². The molecule has 19 heavy (non-hydrogen) atoms. The Balaban J connectivity index is 2.03. The first-order valence-electron chi connectivity index (χ1n) is 5.64. The van der Waals surface area contributed by atoms with Gasteiger partial charge in [-0.25, -0.2) is 9.97 Å². The zero-order chi connectivity index (χ0) is 13.8. The van der Waals surface area contributed by atoms with Crippen LogP contribution in [0.15, 0.2) is 18.3 Å². The molecule has 4 nitrogen and oxygen atoms in total. The summed E-state index contributed by atoms with van der Waals surface area (Å²) in [4.78, 5) is 21.2. The molecule has 2 aromatic rings. The second-order valence-corrected chi connectivity index (χ2v) is 5.72. The van der Waals surface area contributed by atoms with Gasteiger partial charge in [0.25, 0.3) is 5.91 Å². The summed E-state index contributed by atoms with van der Waals surface area (Å²) >= 11 is 13.2. The van der Waals surface area contributed by atoms with Gasteiger partial charge in [-0.05, 0) is 18.6 Å². The maximum Gasteiger partial charge on any atom is 0.271 e. The van der Waals surface area contributed by atoms with Gasteiger partial charge in [0.1, 0.15) is 15.9 Å². The minimum Gasteiger partial charge on any atom is -0.344 e. The van der Waals surface area contributed by atoms with Gasteiger partial charge in [0.15, 0.2) is 0 Å². The lowest BCUT2D eigenvalue weighted by molar-refractivity contribution is 0.0946. The molecule has 0 bridgehead atoms. The first kappa shape index (κ1) is 14.2. The fourth-order valence-electron chi connectivity index (χ4n) is 1.41. The lowest BCUT2D eigenvalue weighted by atomic mass is 10.3. The zero-order valence-electron chi connectivity index (χ0n) is 10.1. The number of hydrogen-bond donors (Lipinski definition) is 1. The molecular formula is C12H11Cl2N3OS. The number of nitrogens with zero attached hydrogens (tertiary/aromatic N) is 2. The minimum atomic E-state index is -0.360. The number of thiazole rings is 1. The van der Waals surface area contributed by atoms with Crippen molar-refractivity contribution < 1.29 is 4.79 Å². The molecule has 0 aliphatic heterocycles. The molecule has 1 amide bonds. The maximum atomic E-state index is 11.9. The van der Waals surface area contributed by atoms with Gasteiger partial charge in [-0.15, -0.1) is 11.3 Å². The van der Waals surface area contributed by atoms with E-state index in [4.69, 9.17) is 23.2 Å². The fraction of sp³-hybridized carbons (Fsp3) is 0.250. The van der Waals surface area contributed by atoms with E-state index < -0.39 is 0 Å². The molecule has 0 aromatic carbocycles. The highest BCUT2D eigenvalue weighted by molar-refractivity contribution is 7.11. The van der Waals surface area contributed by atoms with Gasteiger partial charge >= 0.3 is 0 Å². The van der Waals surface area contributed by atoms with E-state index in [0.717, 1.165) is 11.4 Å². The summed E-state index contributed by atoms with van der Waals surface area (Å²) in [7, 11) is 0. The van der Waals surface area contributed by atoms with Gasteiger partial charge in [-0.2, -0.15) is 0 Å². The Kier molecular flexibility index (Phi) is 4.74. The van der Waals surface area contributed by atoms with E-state index in [0.29, 0.717) is 6.54 Å². The predicted molar refractivity (Wildman–Crippen MR) is 76.9 cm³/mol. The van der Waals surface area contributed by atoms with Crippen molar-refractivity contribution in [3.63, 3.8) is 0 Å². The Labute approximate surface area is 124 Å². The molecular weight excluding hydrogens is 305 g/mol. The van der Waals surface area contributed by atoms with Crippen LogP contribution in [0, 0.1) is 0 Å². The largest absolute Gasteiger partial charge is 0.344 e. The summed E-state index contributed by atoms with van der Waals surface area (Å²) in [5.74, 6) is -0.360. The van der Waals surface area contributed by atoms with Crippen LogP contribution in [-0.4, -0.2) is 15.9 Å². The molecule has 0 saturated heterocycles. The Morgan fingerprint density at radius 1 is 1.42 bits per heavy atom. The van der Waals surface area contributed by atoms with Crippen LogP contribution in [0.3, 0.4) is 0 Å². The van der Waals surface area contributed by atoms with Crippen molar-refractivity contribution in [2.45, 2.75) is 19.9 Å². The Bertz CT molecular complexity index is 600. The van der Waals surface area contributed by atoms with Crippen molar-refractivity contribution in [2.24, 2.45) is 0 Å². The quantitative estimate of drug-likeness (QED) is 0.880. The van der Waals surface area contributed by atoms with Crippen LogP contribution in [-0.2, 0) is 13.0 Å². The molecule has 2 aromatic heterocycles. The average Bonchev–Trinajstić information content (AvgIpc) is 2.87. The minimum absolute atomic E-state index is 0.126. The predicted octanol–water partition coefficient (Wildman–Crippen LogP) is 3.34. The molecule has 100 valence electrons. The van der Waals surface area contributed by atoms with Crippen molar-refractivity contribution >= 4 is 40.4 Å². The van der Waals surface area contributed by atoms with Crippen LogP contribution in [0.4, 0.5) is 0 Å². The second kappa shape index (κ2) is 6.32. The summed E-state index contributed by atoms with van der Waals surface area (Å²) in [6, 6.07) is 3.08. The van der Waals surface area contributed by atoms with Gasteiger partial charge in [0.05, 0.1) is 11.6 Å². The second-order valence-electron chi connectivity index (χ2n) is 3.72. The Morgan fingerprint density at radius 3 is 2.89 bits per heavy atom. The van der Waals surface area contributed by atoms with Crippen molar-refractivity contribution in [3.05, 3.63) is 44.1 Å². The lowest BCUT2D eigenvalue weighted by Crippen LogP contribution is -2.24. The molecule has 0 saturated carbocycles. The third-order valence-corrected chi connectivity index (χ3v) is 4.03. The van der Waals surface area contributed by atoms with E-state index in [9.17, 15) is 4.79 Å². The third kappa shape index (κ3) is 3.65. The summed E-state index contributed by atoms with van der Waals surface area (Å²) in [6.45, 7) is 2.42. The van der Waals surface area contributed by atoms with E-state index in [1.54, 1.807) is 17.4 Å². The van der Waals surface area contributed by atoms with Crippen molar-refractivity contribution in [1.82, 2.24) is 15.3 Å². The molecule has 0 fully saturated rings. The molecule has 1 N–H and O–H groups in total. The van der Waals surface area contributed by atoms with E-state index >= 15 is 0 Å². The number of carbonyl (C=O) groups is 1.